The van der Waals surface area contributed by atoms with Crippen molar-refractivity contribution in [2.45, 2.75) is 12.3 Å². The number of halogens is 1. The first-order valence-electron chi connectivity index (χ1n) is 6.86. The summed E-state index contributed by atoms with van der Waals surface area (Å²) in [5.74, 6) is 0.178. The van der Waals surface area contributed by atoms with Crippen LogP contribution in [-0.4, -0.2) is 11.7 Å². The average Bonchev–Trinajstić information content (AvgIpc) is 2.92. The van der Waals surface area contributed by atoms with Crippen LogP contribution in [0.15, 0.2) is 65.2 Å². The molecule has 3 nitrogen and oxygen atoms in total. The molecule has 0 fully saturated rings. The van der Waals surface area contributed by atoms with Gasteiger partial charge in [-0.1, -0.05) is 53.7 Å². The van der Waals surface area contributed by atoms with Gasteiger partial charge in [-0.15, -0.1) is 12.4 Å². The van der Waals surface area contributed by atoms with Crippen LogP contribution >= 0.6 is 12.4 Å². The summed E-state index contributed by atoms with van der Waals surface area (Å²) in [5, 5.41) is 5.39. The van der Waals surface area contributed by atoms with Crippen LogP contribution in [0.2, 0.25) is 0 Å². The average molecular weight is 303 g/mol. The lowest BCUT2D eigenvalue weighted by Gasteiger charge is -2.34. The van der Waals surface area contributed by atoms with E-state index in [4.69, 9.17) is 10.3 Å². The molecule has 3 rings (SSSR count). The SMILES string of the molecule is CC=CC1(c2noc3ccccc23)C=CC=C[C@@H]1CN.Cl. The molecule has 1 heterocycles. The Morgan fingerprint density at radius 1 is 1.33 bits per heavy atom. The third-order valence-electron chi connectivity index (χ3n) is 3.92. The summed E-state index contributed by atoms with van der Waals surface area (Å²) < 4.78 is 5.48. The molecular weight excluding hydrogens is 284 g/mol. The number of fused-ring (bicyclic) bond motifs is 1. The van der Waals surface area contributed by atoms with Crippen molar-refractivity contribution in [3.05, 3.63) is 66.4 Å². The van der Waals surface area contributed by atoms with Crippen molar-refractivity contribution in [3.8, 4) is 0 Å². The Morgan fingerprint density at radius 2 is 2.14 bits per heavy atom. The highest BCUT2D eigenvalue weighted by Gasteiger charge is 2.38. The minimum atomic E-state index is -0.329. The molecule has 4 heteroatoms. The highest BCUT2D eigenvalue weighted by Crippen LogP contribution is 2.41. The van der Waals surface area contributed by atoms with E-state index in [0.717, 1.165) is 16.7 Å². The first kappa shape index (κ1) is 15.5. The first-order chi connectivity index (χ1) is 9.81. The first-order valence-corrected chi connectivity index (χ1v) is 6.86. The smallest absolute Gasteiger partial charge is 0.167 e. The molecule has 21 heavy (non-hydrogen) atoms. The second-order valence-electron chi connectivity index (χ2n) is 5.05. The number of hydrogen-bond acceptors (Lipinski definition) is 3. The monoisotopic (exact) mass is 302 g/mol. The van der Waals surface area contributed by atoms with Crippen molar-refractivity contribution in [2.24, 2.45) is 11.7 Å². The van der Waals surface area contributed by atoms with Crippen molar-refractivity contribution < 1.29 is 4.52 Å². The van der Waals surface area contributed by atoms with Crippen LogP contribution in [0.4, 0.5) is 0 Å². The predicted molar refractivity (Wildman–Crippen MR) is 88.6 cm³/mol. The summed E-state index contributed by atoms with van der Waals surface area (Å²) in [7, 11) is 0. The molecule has 0 amide bonds. The number of hydrogen-bond donors (Lipinski definition) is 1. The summed E-state index contributed by atoms with van der Waals surface area (Å²) in [6.45, 7) is 2.58. The molecule has 1 aromatic carbocycles. The zero-order valence-corrected chi connectivity index (χ0v) is 12.7. The van der Waals surface area contributed by atoms with E-state index in [9.17, 15) is 0 Å². The Balaban J connectivity index is 0.00000161. The van der Waals surface area contributed by atoms with Gasteiger partial charge in [0.1, 0.15) is 5.69 Å². The van der Waals surface area contributed by atoms with Gasteiger partial charge in [0, 0.05) is 17.8 Å². The molecular formula is C17H19ClN2O. The Kier molecular flexibility index (Phi) is 4.66. The molecule has 1 aliphatic carbocycles. The lowest BCUT2D eigenvalue weighted by atomic mass is 9.69. The third kappa shape index (κ3) is 2.43. The third-order valence-corrected chi connectivity index (χ3v) is 3.92. The molecule has 2 N–H and O–H groups in total. The summed E-state index contributed by atoms with van der Waals surface area (Å²) >= 11 is 0. The number of allylic oxidation sites excluding steroid dienone is 5. The molecule has 0 spiro atoms. The molecule has 2 aromatic rings. The van der Waals surface area contributed by atoms with E-state index in [2.05, 4.69) is 35.5 Å². The van der Waals surface area contributed by atoms with Crippen LogP contribution in [0.3, 0.4) is 0 Å². The van der Waals surface area contributed by atoms with Crippen LogP contribution in [0.5, 0.6) is 0 Å². The Labute approximate surface area is 130 Å². The van der Waals surface area contributed by atoms with E-state index >= 15 is 0 Å². The lowest BCUT2D eigenvalue weighted by molar-refractivity contribution is 0.401. The van der Waals surface area contributed by atoms with Crippen LogP contribution in [-0.2, 0) is 5.41 Å². The van der Waals surface area contributed by atoms with Gasteiger partial charge in [0.25, 0.3) is 0 Å². The van der Waals surface area contributed by atoms with E-state index in [-0.39, 0.29) is 23.7 Å². The van der Waals surface area contributed by atoms with Crippen LogP contribution in [0.25, 0.3) is 11.0 Å². The Morgan fingerprint density at radius 3 is 2.90 bits per heavy atom. The largest absolute Gasteiger partial charge is 0.356 e. The molecule has 0 saturated carbocycles. The van der Waals surface area contributed by atoms with Gasteiger partial charge in [-0.2, -0.15) is 0 Å². The van der Waals surface area contributed by atoms with Gasteiger partial charge in [0.05, 0.1) is 5.41 Å². The van der Waals surface area contributed by atoms with Crippen molar-refractivity contribution in [2.75, 3.05) is 6.54 Å². The molecule has 110 valence electrons. The molecule has 1 unspecified atom stereocenters. The quantitative estimate of drug-likeness (QED) is 0.878. The van der Waals surface area contributed by atoms with Gasteiger partial charge >= 0.3 is 0 Å². The van der Waals surface area contributed by atoms with Crippen molar-refractivity contribution in [1.29, 1.82) is 0 Å². The van der Waals surface area contributed by atoms with Gasteiger partial charge in [-0.3, -0.25) is 0 Å². The summed E-state index contributed by atoms with van der Waals surface area (Å²) in [5.41, 5.74) is 7.40. The normalized spacial score (nSPS) is 24.6. The van der Waals surface area contributed by atoms with Crippen LogP contribution < -0.4 is 5.73 Å². The Bertz CT molecular complexity index is 702. The maximum Gasteiger partial charge on any atom is 0.167 e. The molecule has 0 bridgehead atoms. The lowest BCUT2D eigenvalue weighted by Crippen LogP contribution is -2.36. The van der Waals surface area contributed by atoms with Crippen molar-refractivity contribution in [1.82, 2.24) is 5.16 Å². The maximum atomic E-state index is 5.98. The van der Waals surface area contributed by atoms with Crippen molar-refractivity contribution in [3.63, 3.8) is 0 Å². The minimum absolute atomic E-state index is 0. The molecule has 0 radical (unpaired) electrons. The zero-order valence-electron chi connectivity index (χ0n) is 11.9. The molecule has 0 aliphatic heterocycles. The standard InChI is InChI=1S/C17H18N2O.ClH/c1-2-10-17(11-6-5-7-13(17)12-18)16-14-8-3-4-9-15(14)20-19-16;/h2-11,13H,12,18H2,1H3;1H/t13-,17?;/m1./s1. The van der Waals surface area contributed by atoms with Gasteiger partial charge < -0.3 is 10.3 Å². The van der Waals surface area contributed by atoms with E-state index in [0.29, 0.717) is 6.54 Å². The fourth-order valence-corrected chi connectivity index (χ4v) is 2.96. The van der Waals surface area contributed by atoms with E-state index in [1.165, 1.54) is 0 Å². The molecule has 1 aromatic heterocycles. The fraction of sp³-hybridized carbons (Fsp3) is 0.235. The number of nitrogens with zero attached hydrogens (tertiary/aromatic N) is 1. The second-order valence-corrected chi connectivity index (χ2v) is 5.05. The second kappa shape index (κ2) is 6.29. The summed E-state index contributed by atoms with van der Waals surface area (Å²) in [6, 6.07) is 7.95. The molecule has 1 aliphatic rings. The molecule has 0 saturated heterocycles. The number of aromatic nitrogens is 1. The van der Waals surface area contributed by atoms with Crippen molar-refractivity contribution >= 4 is 23.4 Å². The van der Waals surface area contributed by atoms with E-state index < -0.39 is 0 Å². The number of benzene rings is 1. The predicted octanol–water partition coefficient (Wildman–Crippen LogP) is 3.76. The number of nitrogens with two attached hydrogens (primary N) is 1. The molecule has 2 atom stereocenters. The fourth-order valence-electron chi connectivity index (χ4n) is 2.96. The Hall–Kier alpha value is -1.84. The maximum absolute atomic E-state index is 5.98. The number of para-hydroxylation sites is 1. The minimum Gasteiger partial charge on any atom is -0.356 e. The highest BCUT2D eigenvalue weighted by atomic mass is 35.5. The highest BCUT2D eigenvalue weighted by molar-refractivity contribution is 5.85. The van der Waals surface area contributed by atoms with Crippen LogP contribution in [0, 0.1) is 5.92 Å². The number of rotatable bonds is 3. The van der Waals surface area contributed by atoms with Crippen LogP contribution in [0.1, 0.15) is 12.6 Å². The topological polar surface area (TPSA) is 52.0 Å². The zero-order chi connectivity index (χ0) is 14.0. The van der Waals surface area contributed by atoms with E-state index in [1.807, 2.05) is 37.3 Å². The van der Waals surface area contributed by atoms with Gasteiger partial charge in [0.2, 0.25) is 0 Å². The van der Waals surface area contributed by atoms with Gasteiger partial charge in [-0.25, -0.2) is 0 Å². The van der Waals surface area contributed by atoms with E-state index in [1.54, 1.807) is 0 Å². The van der Waals surface area contributed by atoms with Gasteiger partial charge in [0.15, 0.2) is 5.58 Å². The van der Waals surface area contributed by atoms with Gasteiger partial charge in [-0.05, 0) is 19.1 Å². The summed E-state index contributed by atoms with van der Waals surface area (Å²) in [6.07, 6.45) is 12.6. The summed E-state index contributed by atoms with van der Waals surface area (Å²) in [4.78, 5) is 0.